The number of para-hydroxylation sites is 1. The van der Waals surface area contributed by atoms with Gasteiger partial charge in [-0.25, -0.2) is 9.78 Å². The highest BCUT2D eigenvalue weighted by molar-refractivity contribution is 7.22. The predicted molar refractivity (Wildman–Crippen MR) is 138 cm³/mol. The number of amides is 3. The molecule has 1 aromatic heterocycles. The second-order valence-corrected chi connectivity index (χ2v) is 9.17. The molecule has 0 spiro atoms. The van der Waals surface area contributed by atoms with Crippen molar-refractivity contribution in [3.8, 4) is 0 Å². The van der Waals surface area contributed by atoms with Crippen molar-refractivity contribution in [2.24, 2.45) is 5.73 Å². The molecule has 0 aliphatic carbocycles. The summed E-state index contributed by atoms with van der Waals surface area (Å²) in [4.78, 5) is 30.8. The summed E-state index contributed by atoms with van der Waals surface area (Å²) in [5.41, 5.74) is 8.60. The molecule has 3 amide bonds. The molecule has 0 bridgehead atoms. The molecule has 0 atom stereocenters. The van der Waals surface area contributed by atoms with Gasteiger partial charge in [-0.05, 0) is 36.1 Å². The van der Waals surface area contributed by atoms with E-state index in [0.29, 0.717) is 24.6 Å². The second-order valence-electron chi connectivity index (χ2n) is 8.14. The lowest BCUT2D eigenvalue weighted by Crippen LogP contribution is -2.37. The molecule has 0 saturated carbocycles. The normalized spacial score (nSPS) is 11.0. The number of hydrogen-bond acceptors (Lipinski definition) is 4. The molecule has 0 aliphatic rings. The third-order valence-corrected chi connectivity index (χ3v) is 6.69. The third kappa shape index (κ3) is 6.20. The summed E-state index contributed by atoms with van der Waals surface area (Å²) in [7, 11) is 0. The Morgan fingerprint density at radius 1 is 0.882 bits per heavy atom. The quantitative estimate of drug-likeness (QED) is 0.314. The number of nitrogens with two attached hydrogens (primary N) is 1. The van der Waals surface area contributed by atoms with Crippen molar-refractivity contribution in [2.45, 2.75) is 25.2 Å². The Balaban J connectivity index is 1.50. The van der Waals surface area contributed by atoms with Crippen molar-refractivity contribution in [3.63, 3.8) is 0 Å². The van der Waals surface area contributed by atoms with E-state index in [4.69, 9.17) is 5.73 Å². The number of aromatic nitrogens is 1. The standard InChI is InChI=1S/C27H28N4O2S/c28-25(32)16-9-18-31(27(33)30-26-29-23-14-7-8-15-24(23)34-26)19-17-22(20-10-3-1-4-11-20)21-12-5-2-6-13-21/h1-8,10-15,22H,9,16-19H2,(H2,28,32)(H,29,30,33). The summed E-state index contributed by atoms with van der Waals surface area (Å²) in [5, 5.41) is 3.51. The van der Waals surface area contributed by atoms with E-state index < -0.39 is 0 Å². The first kappa shape index (κ1) is 23.4. The molecule has 1 heterocycles. The van der Waals surface area contributed by atoms with Gasteiger partial charge in [-0.15, -0.1) is 0 Å². The van der Waals surface area contributed by atoms with Crippen LogP contribution in [0, 0.1) is 0 Å². The molecule has 3 aromatic carbocycles. The summed E-state index contributed by atoms with van der Waals surface area (Å²) in [6.07, 6.45) is 1.51. The van der Waals surface area contributed by atoms with Gasteiger partial charge in [0.05, 0.1) is 10.2 Å². The molecule has 174 valence electrons. The van der Waals surface area contributed by atoms with Crippen LogP contribution >= 0.6 is 11.3 Å². The van der Waals surface area contributed by atoms with Crippen LogP contribution in [-0.2, 0) is 4.79 Å². The smallest absolute Gasteiger partial charge is 0.323 e. The molecule has 34 heavy (non-hydrogen) atoms. The number of hydrogen-bond donors (Lipinski definition) is 2. The highest BCUT2D eigenvalue weighted by Gasteiger charge is 2.20. The number of thiazole rings is 1. The van der Waals surface area contributed by atoms with Crippen molar-refractivity contribution in [3.05, 3.63) is 96.1 Å². The maximum atomic E-state index is 13.2. The minimum atomic E-state index is -0.363. The molecular weight excluding hydrogens is 444 g/mol. The van der Waals surface area contributed by atoms with Gasteiger partial charge in [0.25, 0.3) is 0 Å². The van der Waals surface area contributed by atoms with E-state index in [1.807, 2.05) is 60.7 Å². The summed E-state index contributed by atoms with van der Waals surface area (Å²) < 4.78 is 1.02. The molecule has 0 aliphatic heterocycles. The molecule has 4 rings (SSSR count). The van der Waals surface area contributed by atoms with Gasteiger partial charge in [0.1, 0.15) is 0 Å². The summed E-state index contributed by atoms with van der Waals surface area (Å²) >= 11 is 1.45. The number of carbonyl (C=O) groups is 2. The topological polar surface area (TPSA) is 88.3 Å². The summed E-state index contributed by atoms with van der Waals surface area (Å²) in [6, 6.07) is 28.2. The Kier molecular flexibility index (Phi) is 7.88. The lowest BCUT2D eigenvalue weighted by atomic mass is 9.88. The zero-order valence-electron chi connectivity index (χ0n) is 18.9. The number of benzene rings is 3. The van der Waals surface area contributed by atoms with Crippen molar-refractivity contribution in [1.82, 2.24) is 9.88 Å². The molecule has 3 N–H and O–H groups in total. The zero-order chi connectivity index (χ0) is 23.8. The van der Waals surface area contributed by atoms with E-state index in [0.717, 1.165) is 16.6 Å². The molecule has 4 aromatic rings. The fraction of sp³-hybridized carbons (Fsp3) is 0.222. The van der Waals surface area contributed by atoms with Gasteiger partial charge in [-0.1, -0.05) is 84.1 Å². The van der Waals surface area contributed by atoms with Gasteiger partial charge in [-0.3, -0.25) is 10.1 Å². The van der Waals surface area contributed by atoms with Crippen molar-refractivity contribution in [1.29, 1.82) is 0 Å². The molecule has 0 radical (unpaired) electrons. The van der Waals surface area contributed by atoms with Gasteiger partial charge in [0, 0.05) is 25.4 Å². The predicted octanol–water partition coefficient (Wildman–Crippen LogP) is 5.62. The number of carbonyl (C=O) groups excluding carboxylic acids is 2. The van der Waals surface area contributed by atoms with Crippen molar-refractivity contribution < 1.29 is 9.59 Å². The van der Waals surface area contributed by atoms with Crippen LogP contribution in [0.15, 0.2) is 84.9 Å². The van der Waals surface area contributed by atoms with Gasteiger partial charge in [0.2, 0.25) is 5.91 Å². The number of anilines is 1. The minimum absolute atomic E-state index is 0.149. The van der Waals surface area contributed by atoms with E-state index >= 15 is 0 Å². The number of urea groups is 1. The van der Waals surface area contributed by atoms with Crippen LogP contribution in [0.5, 0.6) is 0 Å². The first-order chi connectivity index (χ1) is 16.6. The van der Waals surface area contributed by atoms with Gasteiger partial charge in [0.15, 0.2) is 5.13 Å². The van der Waals surface area contributed by atoms with E-state index in [1.165, 1.54) is 22.5 Å². The molecule has 0 saturated heterocycles. The van der Waals surface area contributed by atoms with Crippen molar-refractivity contribution >= 4 is 38.6 Å². The van der Waals surface area contributed by atoms with Crippen LogP contribution in [-0.4, -0.2) is 34.9 Å². The average molecular weight is 473 g/mol. The second kappa shape index (κ2) is 11.4. The minimum Gasteiger partial charge on any atom is -0.370 e. The number of nitrogens with zero attached hydrogens (tertiary/aromatic N) is 2. The van der Waals surface area contributed by atoms with Crippen LogP contribution in [0.1, 0.15) is 36.3 Å². The number of primary amides is 1. The number of nitrogens with one attached hydrogen (secondary N) is 1. The average Bonchev–Trinajstić information content (AvgIpc) is 3.26. The Labute approximate surface area is 203 Å². The van der Waals surface area contributed by atoms with E-state index in [-0.39, 0.29) is 24.3 Å². The van der Waals surface area contributed by atoms with Crippen LogP contribution in [0.3, 0.4) is 0 Å². The Hall–Kier alpha value is -3.71. The van der Waals surface area contributed by atoms with Crippen LogP contribution in [0.4, 0.5) is 9.93 Å². The fourth-order valence-electron chi connectivity index (χ4n) is 4.04. The van der Waals surface area contributed by atoms with Gasteiger partial charge >= 0.3 is 6.03 Å². The maximum absolute atomic E-state index is 13.2. The van der Waals surface area contributed by atoms with E-state index in [9.17, 15) is 9.59 Å². The summed E-state index contributed by atoms with van der Waals surface area (Å²) in [5.74, 6) is -0.214. The molecule has 0 unspecified atom stereocenters. The SMILES string of the molecule is NC(=O)CCCN(CCC(c1ccccc1)c1ccccc1)C(=O)Nc1nc2ccccc2s1. The summed E-state index contributed by atoms with van der Waals surface area (Å²) in [6.45, 7) is 0.972. The van der Waals surface area contributed by atoms with Crippen LogP contribution in [0.2, 0.25) is 0 Å². The number of rotatable bonds is 10. The Morgan fingerprint density at radius 2 is 1.50 bits per heavy atom. The van der Waals surface area contributed by atoms with Gasteiger partial charge < -0.3 is 10.6 Å². The highest BCUT2D eigenvalue weighted by atomic mass is 32.1. The Bertz CT molecular complexity index is 1150. The van der Waals surface area contributed by atoms with E-state index in [2.05, 4.69) is 34.6 Å². The monoisotopic (exact) mass is 472 g/mol. The number of fused-ring (bicyclic) bond motifs is 1. The maximum Gasteiger partial charge on any atom is 0.323 e. The molecule has 6 nitrogen and oxygen atoms in total. The Morgan fingerprint density at radius 3 is 2.12 bits per heavy atom. The lowest BCUT2D eigenvalue weighted by molar-refractivity contribution is -0.118. The lowest BCUT2D eigenvalue weighted by Gasteiger charge is -2.26. The first-order valence-electron chi connectivity index (χ1n) is 11.4. The molecule has 7 heteroatoms. The zero-order valence-corrected chi connectivity index (χ0v) is 19.7. The van der Waals surface area contributed by atoms with Gasteiger partial charge in [-0.2, -0.15) is 0 Å². The first-order valence-corrected chi connectivity index (χ1v) is 12.2. The third-order valence-electron chi connectivity index (χ3n) is 5.74. The van der Waals surface area contributed by atoms with Crippen LogP contribution in [0.25, 0.3) is 10.2 Å². The molecular formula is C27H28N4O2S. The molecule has 0 fully saturated rings. The highest BCUT2D eigenvalue weighted by Crippen LogP contribution is 2.29. The largest absolute Gasteiger partial charge is 0.370 e. The van der Waals surface area contributed by atoms with Crippen LogP contribution < -0.4 is 11.1 Å². The van der Waals surface area contributed by atoms with E-state index in [1.54, 1.807) is 4.90 Å². The fourth-order valence-corrected chi connectivity index (χ4v) is 4.89. The van der Waals surface area contributed by atoms with Crippen molar-refractivity contribution in [2.75, 3.05) is 18.4 Å².